The van der Waals surface area contributed by atoms with Crippen molar-refractivity contribution in [2.24, 2.45) is 4.99 Å². The Hall–Kier alpha value is -0.940. The molecule has 28 heavy (non-hydrogen) atoms. The summed E-state index contributed by atoms with van der Waals surface area (Å²) in [5, 5.41) is 9.62. The number of nitrogens with one attached hydrogen (secondary N) is 3. The molecule has 1 aromatic heterocycles. The topological polar surface area (TPSA) is 81.6 Å². The number of aromatic nitrogens is 1. The second kappa shape index (κ2) is 15.9. The number of nitrogens with zero attached hydrogens (tertiary/aromatic N) is 3. The van der Waals surface area contributed by atoms with Gasteiger partial charge < -0.3 is 20.9 Å². The van der Waals surface area contributed by atoms with Gasteiger partial charge in [-0.1, -0.05) is 13.8 Å². The van der Waals surface area contributed by atoms with Crippen LogP contribution in [0.5, 0.6) is 0 Å². The number of rotatable bonds is 12. The molecular weight excluding hydrogens is 487 g/mol. The van der Waals surface area contributed by atoms with Crippen LogP contribution in [0.2, 0.25) is 0 Å². The minimum atomic E-state index is -0.0760. The Morgan fingerprint density at radius 1 is 1.29 bits per heavy atom. The summed E-state index contributed by atoms with van der Waals surface area (Å²) in [6, 6.07) is 0.354. The van der Waals surface area contributed by atoms with Crippen LogP contribution in [0.4, 0.5) is 0 Å². The highest BCUT2D eigenvalue weighted by Crippen LogP contribution is 2.11. The highest BCUT2D eigenvalue weighted by molar-refractivity contribution is 14.0. The molecule has 1 unspecified atom stereocenters. The molecule has 0 bridgehead atoms. The number of carbonyl (C=O) groups is 1. The van der Waals surface area contributed by atoms with Gasteiger partial charge in [0.15, 0.2) is 5.96 Å². The Balaban J connectivity index is 0.00000729. The van der Waals surface area contributed by atoms with Gasteiger partial charge in [-0.3, -0.25) is 9.79 Å². The fraction of sp³-hybridized carbons (Fsp3) is 0.737. The first kappa shape index (κ1) is 27.1. The predicted octanol–water partition coefficient (Wildman–Crippen LogP) is 2.86. The summed E-state index contributed by atoms with van der Waals surface area (Å²) in [5.74, 6) is 0.726. The van der Waals surface area contributed by atoms with Gasteiger partial charge in [-0.25, -0.2) is 4.98 Å². The molecule has 0 aromatic carbocycles. The van der Waals surface area contributed by atoms with Crippen molar-refractivity contribution in [3.8, 4) is 0 Å². The molecule has 1 atom stereocenters. The van der Waals surface area contributed by atoms with Crippen molar-refractivity contribution in [2.45, 2.75) is 53.5 Å². The van der Waals surface area contributed by atoms with Gasteiger partial charge in [-0.2, -0.15) is 0 Å². The zero-order valence-electron chi connectivity index (χ0n) is 17.9. The summed E-state index contributed by atoms with van der Waals surface area (Å²) in [7, 11) is 0. The van der Waals surface area contributed by atoms with Gasteiger partial charge in [0.05, 0.1) is 17.7 Å². The van der Waals surface area contributed by atoms with Crippen LogP contribution in [0.15, 0.2) is 10.5 Å². The molecule has 9 heteroatoms. The number of amides is 1. The van der Waals surface area contributed by atoms with Crippen LogP contribution < -0.4 is 16.0 Å². The third-order valence-corrected chi connectivity index (χ3v) is 5.28. The molecule has 0 radical (unpaired) electrons. The van der Waals surface area contributed by atoms with Gasteiger partial charge in [-0.15, -0.1) is 35.3 Å². The number of guanidine groups is 1. The van der Waals surface area contributed by atoms with Crippen molar-refractivity contribution in [3.63, 3.8) is 0 Å². The number of thiazole rings is 1. The molecule has 0 saturated heterocycles. The smallest absolute Gasteiger partial charge is 0.263 e. The molecular formula is C19H37IN6OS. The van der Waals surface area contributed by atoms with Crippen LogP contribution in [0.1, 0.15) is 55.9 Å². The SMILES string of the molecule is CCNC(=NCCNC(=O)c1scnc1C)NC(C)CCCN(CC)CC.I. The third kappa shape index (κ3) is 10.6. The molecule has 0 spiro atoms. The molecule has 0 fully saturated rings. The van der Waals surface area contributed by atoms with Crippen molar-refractivity contribution in [3.05, 3.63) is 16.1 Å². The second-order valence-corrected chi connectivity index (χ2v) is 7.35. The molecule has 7 nitrogen and oxygen atoms in total. The minimum Gasteiger partial charge on any atom is -0.357 e. The summed E-state index contributed by atoms with van der Waals surface area (Å²) < 4.78 is 0. The lowest BCUT2D eigenvalue weighted by molar-refractivity contribution is 0.0958. The van der Waals surface area contributed by atoms with Crippen molar-refractivity contribution >= 4 is 47.2 Å². The quantitative estimate of drug-likeness (QED) is 0.170. The van der Waals surface area contributed by atoms with Crippen molar-refractivity contribution in [2.75, 3.05) is 39.3 Å². The molecule has 1 rings (SSSR count). The van der Waals surface area contributed by atoms with Gasteiger partial charge >= 0.3 is 0 Å². The number of hydrogen-bond donors (Lipinski definition) is 3. The summed E-state index contributed by atoms with van der Waals surface area (Å²) in [4.78, 5) is 23.9. The van der Waals surface area contributed by atoms with Crippen LogP contribution >= 0.6 is 35.3 Å². The summed E-state index contributed by atoms with van der Waals surface area (Å²) in [5.41, 5.74) is 2.46. The van der Waals surface area contributed by atoms with Gasteiger partial charge in [0, 0.05) is 19.1 Å². The summed E-state index contributed by atoms with van der Waals surface area (Å²) in [6.45, 7) is 15.7. The highest BCUT2D eigenvalue weighted by atomic mass is 127. The summed E-state index contributed by atoms with van der Waals surface area (Å²) >= 11 is 1.36. The molecule has 1 aromatic rings. The van der Waals surface area contributed by atoms with E-state index in [9.17, 15) is 4.79 Å². The molecule has 1 heterocycles. The summed E-state index contributed by atoms with van der Waals surface area (Å²) in [6.07, 6.45) is 2.27. The largest absolute Gasteiger partial charge is 0.357 e. The van der Waals surface area contributed by atoms with E-state index in [4.69, 9.17) is 0 Å². The van der Waals surface area contributed by atoms with Crippen LogP contribution in [0, 0.1) is 6.92 Å². The predicted molar refractivity (Wildman–Crippen MR) is 130 cm³/mol. The number of aliphatic imine (C=N–C) groups is 1. The van der Waals surface area contributed by atoms with Gasteiger partial charge in [0.2, 0.25) is 0 Å². The van der Waals surface area contributed by atoms with Crippen LogP contribution in [-0.2, 0) is 0 Å². The van der Waals surface area contributed by atoms with E-state index < -0.39 is 0 Å². The lowest BCUT2D eigenvalue weighted by Crippen LogP contribution is -2.43. The zero-order chi connectivity index (χ0) is 20.1. The minimum absolute atomic E-state index is 0. The van der Waals surface area contributed by atoms with Gasteiger partial charge in [-0.05, 0) is 53.2 Å². The van der Waals surface area contributed by atoms with E-state index in [1.807, 2.05) is 6.92 Å². The molecule has 0 aliphatic rings. The third-order valence-electron chi connectivity index (χ3n) is 4.35. The average molecular weight is 525 g/mol. The van der Waals surface area contributed by atoms with E-state index in [0.717, 1.165) is 44.3 Å². The van der Waals surface area contributed by atoms with E-state index in [1.54, 1.807) is 5.51 Å². The average Bonchev–Trinajstić information content (AvgIpc) is 3.08. The Bertz CT molecular complexity index is 577. The molecule has 0 aliphatic carbocycles. The number of hydrogen-bond acceptors (Lipinski definition) is 5. The van der Waals surface area contributed by atoms with E-state index in [2.05, 4.69) is 58.5 Å². The lowest BCUT2D eigenvalue weighted by atomic mass is 10.2. The Morgan fingerprint density at radius 2 is 2.00 bits per heavy atom. The Morgan fingerprint density at radius 3 is 2.57 bits per heavy atom. The number of carbonyl (C=O) groups excluding carboxylic acids is 1. The molecule has 0 saturated carbocycles. The van der Waals surface area contributed by atoms with Crippen molar-refractivity contribution in [1.82, 2.24) is 25.8 Å². The van der Waals surface area contributed by atoms with Crippen molar-refractivity contribution in [1.29, 1.82) is 0 Å². The van der Waals surface area contributed by atoms with E-state index in [1.165, 1.54) is 17.8 Å². The van der Waals surface area contributed by atoms with E-state index >= 15 is 0 Å². The molecule has 1 amide bonds. The van der Waals surface area contributed by atoms with Crippen LogP contribution in [0.3, 0.4) is 0 Å². The fourth-order valence-electron chi connectivity index (χ4n) is 2.72. The molecule has 0 aliphatic heterocycles. The highest BCUT2D eigenvalue weighted by Gasteiger charge is 2.11. The first-order valence-electron chi connectivity index (χ1n) is 9.97. The fourth-order valence-corrected chi connectivity index (χ4v) is 3.44. The first-order chi connectivity index (χ1) is 13.0. The number of halogens is 1. The number of aryl methyl sites for hydroxylation is 1. The standard InChI is InChI=1S/C19H36N6OS.HI/c1-6-20-19(24-15(4)10-9-13-25(7-2)8-3)22-12-11-21-18(26)17-16(5)23-14-27-17;/h14-15H,6-13H2,1-5H3,(H,21,26)(H2,20,22,24);1H. The van der Waals surface area contributed by atoms with Crippen molar-refractivity contribution < 1.29 is 4.79 Å². The monoisotopic (exact) mass is 524 g/mol. The molecule has 162 valence electrons. The maximum Gasteiger partial charge on any atom is 0.263 e. The molecule has 3 N–H and O–H groups in total. The van der Waals surface area contributed by atoms with E-state index in [-0.39, 0.29) is 29.9 Å². The second-order valence-electron chi connectivity index (χ2n) is 6.50. The Kier molecular flexibility index (Phi) is 15.4. The normalized spacial score (nSPS) is 12.4. The van der Waals surface area contributed by atoms with Gasteiger partial charge in [0.1, 0.15) is 4.88 Å². The maximum absolute atomic E-state index is 12.1. The van der Waals surface area contributed by atoms with Crippen LogP contribution in [-0.4, -0.2) is 67.1 Å². The lowest BCUT2D eigenvalue weighted by Gasteiger charge is -2.21. The van der Waals surface area contributed by atoms with Crippen LogP contribution in [0.25, 0.3) is 0 Å². The zero-order valence-corrected chi connectivity index (χ0v) is 21.0. The van der Waals surface area contributed by atoms with Gasteiger partial charge in [0.25, 0.3) is 5.91 Å². The first-order valence-corrected chi connectivity index (χ1v) is 10.8. The van der Waals surface area contributed by atoms with E-state index in [0.29, 0.717) is 24.0 Å². The maximum atomic E-state index is 12.1. The Labute approximate surface area is 191 Å².